The summed E-state index contributed by atoms with van der Waals surface area (Å²) < 4.78 is 38.6. The highest BCUT2D eigenvalue weighted by atomic mass is 35.5. The zero-order chi connectivity index (χ0) is 54.6. The van der Waals surface area contributed by atoms with E-state index in [1.165, 1.54) is 11.3 Å². The number of aryl methyl sites for hydroxylation is 2. The van der Waals surface area contributed by atoms with Crippen LogP contribution in [0, 0.1) is 20.8 Å². The van der Waals surface area contributed by atoms with Crippen LogP contribution in [0.5, 0.6) is 0 Å². The Morgan fingerprint density at radius 3 is 1.72 bits per heavy atom. The summed E-state index contributed by atoms with van der Waals surface area (Å²) in [4.78, 5) is 47.3. The van der Waals surface area contributed by atoms with E-state index < -0.39 is 10.0 Å². The van der Waals surface area contributed by atoms with Gasteiger partial charge >= 0.3 is 0 Å². The number of morpholine rings is 1. The van der Waals surface area contributed by atoms with Crippen LogP contribution in [0.2, 0.25) is 30.1 Å². The molecule has 10 rings (SSSR count). The largest absolute Gasteiger partial charge is 0.379 e. The monoisotopic (exact) mass is 1220 g/mol. The maximum atomic E-state index is 13.3. The summed E-state index contributed by atoms with van der Waals surface area (Å²) in [5.41, 5.74) is 9.74. The molecule has 12 nitrogen and oxygen atoms in total. The van der Waals surface area contributed by atoms with Crippen molar-refractivity contribution in [2.45, 2.75) is 60.2 Å². The highest BCUT2D eigenvalue weighted by Crippen LogP contribution is 2.38. The molecular formula is C54H52Cl6N6O6S4. The van der Waals surface area contributed by atoms with Crippen LogP contribution < -0.4 is 4.72 Å². The zero-order valence-corrected chi connectivity index (χ0v) is 49.7. The Morgan fingerprint density at radius 1 is 0.632 bits per heavy atom. The minimum Gasteiger partial charge on any atom is -0.379 e. The van der Waals surface area contributed by atoms with Gasteiger partial charge in [0, 0.05) is 85.0 Å². The van der Waals surface area contributed by atoms with E-state index in [9.17, 15) is 22.8 Å². The number of sulfonamides is 1. The standard InChI is InChI=1S/C20H20Cl2N2O2S.C18H18Cl2N2O3S2.C16H14Cl2N2OS/c1-13-17(19(25)14-3-2-4-15(21)18(14)22)20-16(5-12-27-20)24(13)7-6-23-8-10-26-11-9-23;1-11-15(17(23)13-5-3-6-14(19)16(13)20)12-7-10-26-18(12)22(11)9-4-8-21-27(2,24)25;1-3-7-20-9(2)12(15-16(20)19-8-22-15)14(21)10-5-4-6-11(17)13(10)18/h2-5,12H,6-11H2,1H3;3,5-7,10,21H,4,8-9H2,1-2H3;4-6,8H,3,7H2,1-2H3. The molecule has 1 fully saturated rings. The summed E-state index contributed by atoms with van der Waals surface area (Å²) in [5, 5.41) is 6.83. The molecule has 0 radical (unpaired) electrons. The van der Waals surface area contributed by atoms with Crippen molar-refractivity contribution in [3.05, 3.63) is 164 Å². The quantitative estimate of drug-likeness (QED) is 0.0746. The van der Waals surface area contributed by atoms with E-state index in [1.807, 2.05) is 37.6 Å². The molecule has 1 aliphatic heterocycles. The van der Waals surface area contributed by atoms with Crippen LogP contribution in [0.3, 0.4) is 0 Å². The number of nitrogens with zero attached hydrogens (tertiary/aromatic N) is 5. The molecule has 0 unspecified atom stereocenters. The lowest BCUT2D eigenvalue weighted by atomic mass is 10.0. The number of hydrogen-bond acceptors (Lipinski definition) is 11. The van der Waals surface area contributed by atoms with Crippen LogP contribution in [0.1, 0.15) is 84.6 Å². The van der Waals surface area contributed by atoms with Crippen molar-refractivity contribution < 1.29 is 27.5 Å². The lowest BCUT2D eigenvalue weighted by Gasteiger charge is -2.27. The molecule has 400 valence electrons. The van der Waals surface area contributed by atoms with Gasteiger partial charge in [-0.1, -0.05) is 94.7 Å². The third kappa shape index (κ3) is 12.3. The number of aromatic nitrogens is 4. The lowest BCUT2D eigenvalue weighted by molar-refractivity contribution is 0.0365. The van der Waals surface area contributed by atoms with Crippen LogP contribution in [-0.4, -0.2) is 95.0 Å². The van der Waals surface area contributed by atoms with Crippen molar-refractivity contribution in [1.82, 2.24) is 28.3 Å². The summed E-state index contributed by atoms with van der Waals surface area (Å²) in [5.74, 6) is -0.344. The second kappa shape index (κ2) is 25.3. The molecule has 0 spiro atoms. The fourth-order valence-electron chi connectivity index (χ4n) is 9.30. The molecule has 0 atom stereocenters. The van der Waals surface area contributed by atoms with Crippen LogP contribution >= 0.6 is 104 Å². The number of thiophene rings is 2. The van der Waals surface area contributed by atoms with Gasteiger partial charge in [0.2, 0.25) is 10.0 Å². The van der Waals surface area contributed by atoms with Crippen LogP contribution in [-0.2, 0) is 34.4 Å². The van der Waals surface area contributed by atoms with Gasteiger partial charge < -0.3 is 18.4 Å². The van der Waals surface area contributed by atoms with Crippen molar-refractivity contribution in [3.63, 3.8) is 0 Å². The third-order valence-electron chi connectivity index (χ3n) is 13.0. The Morgan fingerprint density at radius 2 is 1.16 bits per heavy atom. The number of carbonyl (C=O) groups is 3. The third-order valence-corrected chi connectivity index (χ3v) is 18.9. The fraction of sp³-hybridized carbons (Fsp3) is 0.296. The first-order chi connectivity index (χ1) is 36.3. The van der Waals surface area contributed by atoms with E-state index in [-0.39, 0.29) is 22.4 Å². The average molecular weight is 1220 g/mol. The van der Waals surface area contributed by atoms with E-state index in [1.54, 1.807) is 82.8 Å². The average Bonchev–Trinajstić information content (AvgIpc) is 4.29. The summed E-state index contributed by atoms with van der Waals surface area (Å²) in [7, 11) is -3.21. The predicted molar refractivity (Wildman–Crippen MR) is 316 cm³/mol. The Hall–Kier alpha value is -4.11. The van der Waals surface area contributed by atoms with E-state index in [4.69, 9.17) is 74.3 Å². The molecule has 1 saturated heterocycles. The van der Waals surface area contributed by atoms with E-state index in [0.717, 1.165) is 112 Å². The number of fused-ring (bicyclic) bond motifs is 3. The molecule has 22 heteroatoms. The predicted octanol–water partition coefficient (Wildman–Crippen LogP) is 14.7. The number of halogens is 6. The molecular weight excluding hydrogens is 1170 g/mol. The highest BCUT2D eigenvalue weighted by Gasteiger charge is 2.28. The number of ether oxygens (including phenoxy) is 1. The first kappa shape index (κ1) is 58.0. The second-order valence-corrected chi connectivity index (χ2v) is 24.7. The molecule has 1 N–H and O–H groups in total. The van der Waals surface area contributed by atoms with Crippen molar-refractivity contribution in [3.8, 4) is 0 Å². The van der Waals surface area contributed by atoms with Gasteiger partial charge in [0.1, 0.15) is 4.83 Å². The van der Waals surface area contributed by atoms with Gasteiger partial charge in [-0.15, -0.1) is 34.0 Å². The summed E-state index contributed by atoms with van der Waals surface area (Å²) in [6.07, 6.45) is 2.73. The molecule has 0 saturated carbocycles. The minimum atomic E-state index is -3.21. The number of benzene rings is 3. The smallest absolute Gasteiger partial charge is 0.208 e. The molecule has 1 aliphatic rings. The number of rotatable bonds is 16. The number of hydrogen-bond donors (Lipinski definition) is 1. The van der Waals surface area contributed by atoms with Gasteiger partial charge in [0.15, 0.2) is 23.0 Å². The van der Waals surface area contributed by atoms with Crippen molar-refractivity contribution >= 4 is 162 Å². The van der Waals surface area contributed by atoms with Gasteiger partial charge in [-0.05, 0) is 92.9 Å². The van der Waals surface area contributed by atoms with Crippen molar-refractivity contribution in [2.75, 3.05) is 45.6 Å². The van der Waals surface area contributed by atoms with Crippen molar-refractivity contribution in [1.29, 1.82) is 0 Å². The van der Waals surface area contributed by atoms with E-state index in [0.29, 0.717) is 72.4 Å². The fourth-order valence-corrected chi connectivity index (χ4v) is 13.8. The molecule has 76 heavy (non-hydrogen) atoms. The maximum Gasteiger partial charge on any atom is 0.208 e. The Balaban J connectivity index is 0.000000152. The summed E-state index contributed by atoms with van der Waals surface area (Å²) >= 11 is 41.6. The Labute approximate surface area is 483 Å². The first-order valence-electron chi connectivity index (χ1n) is 24.1. The molecule has 3 aromatic carbocycles. The minimum absolute atomic E-state index is 0.0717. The molecule has 0 bridgehead atoms. The first-order valence-corrected chi connectivity index (χ1v) is 30.9. The van der Waals surface area contributed by atoms with Gasteiger partial charge in [0.25, 0.3) is 0 Å². The topological polar surface area (TPSA) is 138 Å². The number of thiazole rings is 1. The molecule has 7 heterocycles. The number of carbonyl (C=O) groups excluding carboxylic acids is 3. The highest BCUT2D eigenvalue weighted by molar-refractivity contribution is 7.88. The Kier molecular flexibility index (Phi) is 19.4. The number of nitrogens with one attached hydrogen (secondary N) is 1. The van der Waals surface area contributed by atoms with Crippen LogP contribution in [0.4, 0.5) is 0 Å². The molecule has 0 amide bonds. The van der Waals surface area contributed by atoms with E-state index >= 15 is 0 Å². The van der Waals surface area contributed by atoms with E-state index in [2.05, 4.69) is 41.3 Å². The normalized spacial score (nSPS) is 13.0. The second-order valence-electron chi connectivity index (χ2n) is 17.9. The molecule has 0 aliphatic carbocycles. The Bertz CT molecular complexity index is 3740. The van der Waals surface area contributed by atoms with Crippen LogP contribution in [0.25, 0.3) is 30.8 Å². The van der Waals surface area contributed by atoms with Crippen LogP contribution in [0.15, 0.2) is 83.0 Å². The van der Waals surface area contributed by atoms with Gasteiger partial charge in [-0.25, -0.2) is 18.1 Å². The molecule has 6 aromatic heterocycles. The number of ketones is 3. The van der Waals surface area contributed by atoms with Gasteiger partial charge in [-0.3, -0.25) is 19.3 Å². The summed E-state index contributed by atoms with van der Waals surface area (Å²) in [6, 6.07) is 19.3. The summed E-state index contributed by atoms with van der Waals surface area (Å²) in [6.45, 7) is 15.0. The maximum absolute atomic E-state index is 13.3. The zero-order valence-electron chi connectivity index (χ0n) is 41.9. The SMILES string of the molecule is CCCn1c(C)c(C(=O)c2cccc(Cl)c2Cl)c2scnc21.Cc1c(C(=O)c2cccc(Cl)c2Cl)c2ccsc2n1CCCNS(C)(=O)=O.Cc1c(C(=O)c2cccc(Cl)c2Cl)c2sccc2n1CCN1CCOCC1. The van der Waals surface area contributed by atoms with Gasteiger partial charge in [0.05, 0.1) is 86.7 Å². The molecule has 9 aromatic rings. The van der Waals surface area contributed by atoms with Gasteiger partial charge in [-0.2, -0.15) is 0 Å². The lowest BCUT2D eigenvalue weighted by Crippen LogP contribution is -2.38. The van der Waals surface area contributed by atoms with Crippen molar-refractivity contribution in [2.24, 2.45) is 0 Å².